The topological polar surface area (TPSA) is 105 Å². The zero-order chi connectivity index (χ0) is 18.5. The first-order valence-electron chi connectivity index (χ1n) is 8.36. The Morgan fingerprint density at radius 3 is 2.74 bits per heavy atom. The maximum absolute atomic E-state index is 6.10. The average molecular weight is 376 g/mol. The molecule has 0 saturated heterocycles. The molecule has 0 spiro atoms. The Labute approximate surface area is 158 Å². The quantitative estimate of drug-likeness (QED) is 0.500. The molecule has 0 aliphatic carbocycles. The van der Waals surface area contributed by atoms with Gasteiger partial charge in [0.05, 0.1) is 34.8 Å². The minimum absolute atomic E-state index is 0.184. The number of nitrogens with two attached hydrogens (primary N) is 2. The van der Waals surface area contributed by atoms with Gasteiger partial charge in [0.2, 0.25) is 5.95 Å². The fraction of sp³-hybridized carbons (Fsp3) is 0.105. The molecule has 0 aliphatic heterocycles. The molecule has 7 nitrogen and oxygen atoms in total. The summed E-state index contributed by atoms with van der Waals surface area (Å²) in [6.45, 7) is 0.673. The Hall–Kier alpha value is -3.39. The van der Waals surface area contributed by atoms with E-state index < -0.39 is 0 Å². The molecule has 0 fully saturated rings. The van der Waals surface area contributed by atoms with Crippen LogP contribution in [0.4, 0.5) is 11.8 Å². The summed E-state index contributed by atoms with van der Waals surface area (Å²) in [4.78, 5) is 13.1. The van der Waals surface area contributed by atoms with Crippen molar-refractivity contribution in [2.75, 3.05) is 18.6 Å². The second-order valence-corrected chi connectivity index (χ2v) is 7.36. The molecule has 3 aromatic heterocycles. The second kappa shape index (κ2) is 5.82. The van der Waals surface area contributed by atoms with Crippen LogP contribution in [0.3, 0.4) is 0 Å². The fourth-order valence-electron chi connectivity index (χ4n) is 3.38. The zero-order valence-electron chi connectivity index (χ0n) is 14.5. The van der Waals surface area contributed by atoms with Gasteiger partial charge in [0.15, 0.2) is 0 Å². The third-order valence-corrected chi connectivity index (χ3v) is 5.61. The maximum Gasteiger partial charge on any atom is 0.222 e. The van der Waals surface area contributed by atoms with E-state index in [1.807, 2.05) is 42.6 Å². The number of hydrogen-bond acceptors (Lipinski definition) is 7. The second-order valence-electron chi connectivity index (χ2n) is 6.24. The first-order chi connectivity index (χ1) is 13.1. The van der Waals surface area contributed by atoms with Gasteiger partial charge in [-0.15, -0.1) is 11.3 Å². The van der Waals surface area contributed by atoms with Gasteiger partial charge >= 0.3 is 0 Å². The van der Waals surface area contributed by atoms with Gasteiger partial charge in [-0.05, 0) is 36.4 Å². The van der Waals surface area contributed by atoms with Crippen LogP contribution in [0.25, 0.3) is 32.0 Å². The minimum Gasteiger partial charge on any atom is -0.497 e. The van der Waals surface area contributed by atoms with Crippen molar-refractivity contribution in [1.82, 2.24) is 19.5 Å². The lowest BCUT2D eigenvalue weighted by molar-refractivity contribution is 0.415. The van der Waals surface area contributed by atoms with E-state index >= 15 is 0 Å². The highest BCUT2D eigenvalue weighted by molar-refractivity contribution is 7.18. The number of benzene rings is 2. The summed E-state index contributed by atoms with van der Waals surface area (Å²) < 4.78 is 8.56. The lowest BCUT2D eigenvalue weighted by atomic mass is 10.1. The summed E-state index contributed by atoms with van der Waals surface area (Å²) in [6.07, 6.45) is 2.03. The normalized spacial score (nSPS) is 11.6. The van der Waals surface area contributed by atoms with Crippen molar-refractivity contribution in [3.05, 3.63) is 47.6 Å². The lowest BCUT2D eigenvalue weighted by Crippen LogP contribution is -2.01. The van der Waals surface area contributed by atoms with Gasteiger partial charge in [-0.25, -0.2) is 9.97 Å². The van der Waals surface area contributed by atoms with Gasteiger partial charge < -0.3 is 20.8 Å². The molecule has 5 rings (SSSR count). The van der Waals surface area contributed by atoms with Crippen molar-refractivity contribution >= 4 is 55.1 Å². The fourth-order valence-corrected chi connectivity index (χ4v) is 4.38. The first kappa shape index (κ1) is 15.8. The van der Waals surface area contributed by atoms with Crippen molar-refractivity contribution in [3.8, 4) is 5.75 Å². The van der Waals surface area contributed by atoms with E-state index in [-0.39, 0.29) is 5.95 Å². The van der Waals surface area contributed by atoms with E-state index in [2.05, 4.69) is 14.5 Å². The number of thiazole rings is 1. The van der Waals surface area contributed by atoms with E-state index in [4.69, 9.17) is 21.2 Å². The molecule has 27 heavy (non-hydrogen) atoms. The van der Waals surface area contributed by atoms with Crippen molar-refractivity contribution in [1.29, 1.82) is 0 Å². The van der Waals surface area contributed by atoms with E-state index in [1.54, 1.807) is 18.4 Å². The molecule has 5 aromatic rings. The predicted octanol–water partition coefficient (Wildman–Crippen LogP) is 3.42. The standard InChI is InChI=1S/C19H16N6OS/c1-26-10-2-3-12-15(8-10)27-16(22-12)9-25-7-6-11-14(25)5-4-13-17(11)18(20)24-19(21)23-13/h2-8H,9H2,1H3,(H4,20,21,23,24). The van der Waals surface area contributed by atoms with Gasteiger partial charge in [-0.1, -0.05) is 0 Å². The highest BCUT2D eigenvalue weighted by Crippen LogP contribution is 2.31. The third kappa shape index (κ3) is 2.53. The largest absolute Gasteiger partial charge is 0.497 e. The Bertz CT molecular complexity index is 1320. The van der Waals surface area contributed by atoms with Gasteiger partial charge in [-0.3, -0.25) is 0 Å². The Morgan fingerprint density at radius 2 is 1.89 bits per heavy atom. The summed E-state index contributed by atoms with van der Waals surface area (Å²) in [6, 6.07) is 11.9. The van der Waals surface area contributed by atoms with Crippen LogP contribution in [0.1, 0.15) is 5.01 Å². The number of aromatic nitrogens is 4. The Kier molecular flexibility index (Phi) is 3.41. The van der Waals surface area contributed by atoms with Crippen molar-refractivity contribution < 1.29 is 4.74 Å². The molecule has 3 heterocycles. The van der Waals surface area contributed by atoms with Crippen LogP contribution in [0.2, 0.25) is 0 Å². The van der Waals surface area contributed by atoms with E-state index in [1.165, 1.54) is 0 Å². The summed E-state index contributed by atoms with van der Waals surface area (Å²) in [5, 5.41) is 2.86. The molecule has 0 radical (unpaired) electrons. The van der Waals surface area contributed by atoms with E-state index in [0.29, 0.717) is 12.4 Å². The molecular formula is C19H16N6OS. The summed E-state index contributed by atoms with van der Waals surface area (Å²) in [5.41, 5.74) is 14.6. The molecule has 8 heteroatoms. The van der Waals surface area contributed by atoms with Gasteiger partial charge in [0.1, 0.15) is 16.6 Å². The van der Waals surface area contributed by atoms with Gasteiger partial charge in [0, 0.05) is 17.1 Å². The molecule has 134 valence electrons. The minimum atomic E-state index is 0.184. The molecule has 0 unspecified atom stereocenters. The highest BCUT2D eigenvalue weighted by Gasteiger charge is 2.12. The SMILES string of the molecule is COc1ccc2nc(Cn3ccc4c5c(N)nc(N)nc5ccc43)sc2c1. The summed E-state index contributed by atoms with van der Waals surface area (Å²) in [7, 11) is 1.67. The van der Waals surface area contributed by atoms with Gasteiger partial charge in [-0.2, -0.15) is 4.98 Å². The monoisotopic (exact) mass is 376 g/mol. The number of rotatable bonds is 3. The Morgan fingerprint density at radius 1 is 1.04 bits per heavy atom. The maximum atomic E-state index is 6.10. The predicted molar refractivity (Wildman–Crippen MR) is 109 cm³/mol. The molecular weight excluding hydrogens is 360 g/mol. The summed E-state index contributed by atoms with van der Waals surface area (Å²) >= 11 is 1.66. The smallest absolute Gasteiger partial charge is 0.222 e. The number of nitrogen functional groups attached to an aromatic ring is 2. The average Bonchev–Trinajstić information content (AvgIpc) is 3.24. The molecule has 0 aliphatic rings. The zero-order valence-corrected chi connectivity index (χ0v) is 15.3. The number of methoxy groups -OCH3 is 1. The van der Waals surface area contributed by atoms with Crippen molar-refractivity contribution in [3.63, 3.8) is 0 Å². The molecule has 0 amide bonds. The van der Waals surface area contributed by atoms with Gasteiger partial charge in [0.25, 0.3) is 0 Å². The molecule has 4 N–H and O–H groups in total. The van der Waals surface area contributed by atoms with Crippen LogP contribution in [-0.2, 0) is 6.54 Å². The first-order valence-corrected chi connectivity index (χ1v) is 9.18. The lowest BCUT2D eigenvalue weighted by Gasteiger charge is -2.06. The number of anilines is 2. The van der Waals surface area contributed by atoms with Crippen LogP contribution < -0.4 is 16.2 Å². The molecule has 0 bridgehead atoms. The van der Waals surface area contributed by atoms with E-state index in [0.717, 1.165) is 42.8 Å². The van der Waals surface area contributed by atoms with Crippen molar-refractivity contribution in [2.45, 2.75) is 6.54 Å². The van der Waals surface area contributed by atoms with E-state index in [9.17, 15) is 0 Å². The number of hydrogen-bond donors (Lipinski definition) is 2. The third-order valence-electron chi connectivity index (χ3n) is 4.60. The Balaban J connectivity index is 1.60. The summed E-state index contributed by atoms with van der Waals surface area (Å²) in [5.74, 6) is 1.42. The number of nitrogens with zero attached hydrogens (tertiary/aromatic N) is 4. The van der Waals surface area contributed by atoms with Crippen molar-refractivity contribution in [2.24, 2.45) is 0 Å². The van der Waals surface area contributed by atoms with Crippen LogP contribution >= 0.6 is 11.3 Å². The molecule has 2 aromatic carbocycles. The highest BCUT2D eigenvalue weighted by atomic mass is 32.1. The van der Waals surface area contributed by atoms with Crippen LogP contribution in [-0.4, -0.2) is 26.6 Å². The molecule has 0 saturated carbocycles. The number of ether oxygens (including phenoxy) is 1. The van der Waals surface area contributed by atoms with Crippen LogP contribution in [0.5, 0.6) is 5.75 Å². The molecule has 0 atom stereocenters. The van der Waals surface area contributed by atoms with Crippen LogP contribution in [0, 0.1) is 0 Å². The van der Waals surface area contributed by atoms with Crippen LogP contribution in [0.15, 0.2) is 42.6 Å². The number of fused-ring (bicyclic) bond motifs is 4.